The van der Waals surface area contributed by atoms with Crippen molar-refractivity contribution in [3.8, 4) is 0 Å². The molecule has 3 aromatic rings. The van der Waals surface area contributed by atoms with Gasteiger partial charge in [-0.05, 0) is 52.3 Å². The van der Waals surface area contributed by atoms with E-state index in [1.54, 1.807) is 42.7 Å². The first-order valence-corrected chi connectivity index (χ1v) is 7.00. The van der Waals surface area contributed by atoms with Crippen LogP contribution in [0.2, 0.25) is 0 Å². The van der Waals surface area contributed by atoms with Gasteiger partial charge in [-0.25, -0.2) is 0 Å². The molecule has 0 unspecified atom stereocenters. The van der Waals surface area contributed by atoms with Gasteiger partial charge in [0.1, 0.15) is 0 Å². The summed E-state index contributed by atoms with van der Waals surface area (Å²) in [6, 6.07) is 10.4. The summed E-state index contributed by atoms with van der Waals surface area (Å²) in [4.78, 5) is 20.6. The smallest absolute Gasteiger partial charge is 0.255 e. The Morgan fingerprint density at radius 1 is 1.05 bits per heavy atom. The molecule has 1 heterocycles. The van der Waals surface area contributed by atoms with Gasteiger partial charge in [0.15, 0.2) is 0 Å². The van der Waals surface area contributed by atoms with Gasteiger partial charge in [0, 0.05) is 33.8 Å². The Labute approximate surface area is 129 Å². The summed E-state index contributed by atoms with van der Waals surface area (Å²) in [6.45, 7) is 0. The van der Waals surface area contributed by atoms with Crippen LogP contribution in [0, 0.1) is 0 Å². The van der Waals surface area contributed by atoms with Crippen LogP contribution in [0.3, 0.4) is 0 Å². The number of nitrogens with one attached hydrogen (secondary N) is 1. The van der Waals surface area contributed by atoms with Gasteiger partial charge in [-0.2, -0.15) is 0 Å². The molecule has 3 N–H and O–H groups in total. The molecule has 1 aromatic heterocycles. The predicted octanol–water partition coefficient (Wildman–Crippen LogP) is 3.23. The number of hydrogen-bond acceptors (Lipinski definition) is 4. The summed E-state index contributed by atoms with van der Waals surface area (Å²) in [5, 5.41) is 2.83. The molecule has 0 saturated carbocycles. The van der Waals surface area contributed by atoms with E-state index in [0.717, 1.165) is 11.0 Å². The number of anilines is 2. The number of nitrogens with two attached hydrogens (primary N) is 1. The molecule has 0 fully saturated rings. The lowest BCUT2D eigenvalue weighted by molar-refractivity contribution is 0.102. The van der Waals surface area contributed by atoms with Gasteiger partial charge in [0.05, 0.1) is 11.0 Å². The van der Waals surface area contributed by atoms with E-state index < -0.39 is 0 Å². The lowest BCUT2D eigenvalue weighted by Gasteiger charge is -2.07. The third-order valence-electron chi connectivity index (χ3n) is 2.99. The lowest BCUT2D eigenvalue weighted by atomic mass is 10.2. The number of fused-ring (bicyclic) bond motifs is 1. The third kappa shape index (κ3) is 2.85. The van der Waals surface area contributed by atoms with Crippen LogP contribution in [0.25, 0.3) is 11.0 Å². The maximum atomic E-state index is 12.2. The monoisotopic (exact) mass is 342 g/mol. The number of aromatic nitrogens is 2. The molecule has 0 saturated heterocycles. The summed E-state index contributed by atoms with van der Waals surface area (Å²) in [7, 11) is 0. The fourth-order valence-electron chi connectivity index (χ4n) is 1.91. The molecule has 21 heavy (non-hydrogen) atoms. The van der Waals surface area contributed by atoms with Crippen LogP contribution >= 0.6 is 15.9 Å². The van der Waals surface area contributed by atoms with Crippen molar-refractivity contribution in [3.63, 3.8) is 0 Å². The molecule has 6 heteroatoms. The van der Waals surface area contributed by atoms with E-state index in [-0.39, 0.29) is 5.91 Å². The first-order valence-electron chi connectivity index (χ1n) is 6.20. The number of benzene rings is 2. The molecule has 104 valence electrons. The Balaban J connectivity index is 1.87. The van der Waals surface area contributed by atoms with Crippen molar-refractivity contribution >= 4 is 44.2 Å². The lowest BCUT2D eigenvalue weighted by Crippen LogP contribution is -2.12. The molecule has 0 spiro atoms. The second-order valence-corrected chi connectivity index (χ2v) is 5.30. The van der Waals surface area contributed by atoms with Gasteiger partial charge in [-0.3, -0.25) is 14.8 Å². The molecular weight excluding hydrogens is 332 g/mol. The molecule has 0 aliphatic carbocycles. The van der Waals surface area contributed by atoms with Crippen LogP contribution in [0.1, 0.15) is 10.4 Å². The SMILES string of the molecule is Nc1ccc(C(=O)Nc2ccc3nccnc3c2)cc1Br. The normalized spacial score (nSPS) is 10.5. The quantitative estimate of drug-likeness (QED) is 0.700. The molecule has 0 radical (unpaired) electrons. The number of nitrogens with zero attached hydrogens (tertiary/aromatic N) is 2. The van der Waals surface area contributed by atoms with Crippen molar-refractivity contribution in [2.24, 2.45) is 0 Å². The Morgan fingerprint density at radius 3 is 2.57 bits per heavy atom. The van der Waals surface area contributed by atoms with Gasteiger partial charge in [0.25, 0.3) is 5.91 Å². The Bertz CT molecular complexity index is 835. The number of amides is 1. The van der Waals surface area contributed by atoms with E-state index >= 15 is 0 Å². The molecule has 3 rings (SSSR count). The Hall–Kier alpha value is -2.47. The molecule has 2 aromatic carbocycles. The minimum atomic E-state index is -0.209. The summed E-state index contributed by atoms with van der Waals surface area (Å²) in [5.41, 5.74) is 9.00. The number of hydrogen-bond donors (Lipinski definition) is 2. The van der Waals surface area contributed by atoms with Gasteiger partial charge < -0.3 is 11.1 Å². The molecule has 0 aliphatic rings. The molecule has 1 amide bonds. The fourth-order valence-corrected chi connectivity index (χ4v) is 2.29. The minimum Gasteiger partial charge on any atom is -0.398 e. The largest absolute Gasteiger partial charge is 0.398 e. The van der Waals surface area contributed by atoms with Crippen LogP contribution in [0.15, 0.2) is 53.3 Å². The maximum Gasteiger partial charge on any atom is 0.255 e. The minimum absolute atomic E-state index is 0.209. The number of carbonyl (C=O) groups is 1. The Kier molecular flexibility index (Phi) is 3.53. The van der Waals surface area contributed by atoms with Crippen molar-refractivity contribution in [1.82, 2.24) is 9.97 Å². The summed E-state index contributed by atoms with van der Waals surface area (Å²) < 4.78 is 0.694. The fraction of sp³-hybridized carbons (Fsp3) is 0. The molecule has 0 aliphatic heterocycles. The van der Waals surface area contributed by atoms with E-state index in [1.165, 1.54) is 0 Å². The number of halogens is 1. The van der Waals surface area contributed by atoms with E-state index in [4.69, 9.17) is 5.73 Å². The van der Waals surface area contributed by atoms with Crippen LogP contribution in [-0.2, 0) is 0 Å². The van der Waals surface area contributed by atoms with Crippen LogP contribution in [0.4, 0.5) is 11.4 Å². The van der Waals surface area contributed by atoms with Crippen molar-refractivity contribution in [3.05, 3.63) is 58.8 Å². The molecule has 5 nitrogen and oxygen atoms in total. The van der Waals surface area contributed by atoms with Crippen LogP contribution in [0.5, 0.6) is 0 Å². The highest BCUT2D eigenvalue weighted by Crippen LogP contribution is 2.21. The van der Waals surface area contributed by atoms with Crippen LogP contribution in [-0.4, -0.2) is 15.9 Å². The van der Waals surface area contributed by atoms with Gasteiger partial charge >= 0.3 is 0 Å². The second-order valence-electron chi connectivity index (χ2n) is 4.45. The van der Waals surface area contributed by atoms with Crippen LogP contribution < -0.4 is 11.1 Å². The highest BCUT2D eigenvalue weighted by Gasteiger charge is 2.08. The average Bonchev–Trinajstić information content (AvgIpc) is 2.50. The van der Waals surface area contributed by atoms with Crippen molar-refractivity contribution in [2.75, 3.05) is 11.1 Å². The van der Waals surface area contributed by atoms with Gasteiger partial charge in [-0.1, -0.05) is 0 Å². The summed E-state index contributed by atoms with van der Waals surface area (Å²) in [5.74, 6) is -0.209. The highest BCUT2D eigenvalue weighted by molar-refractivity contribution is 9.10. The first-order chi connectivity index (χ1) is 10.1. The van der Waals surface area contributed by atoms with Gasteiger partial charge in [-0.15, -0.1) is 0 Å². The second kappa shape index (κ2) is 5.49. The van der Waals surface area contributed by atoms with Crippen molar-refractivity contribution in [1.29, 1.82) is 0 Å². The standard InChI is InChI=1S/C15H11BrN4O/c16-11-7-9(1-3-12(11)17)15(21)20-10-2-4-13-14(8-10)19-6-5-18-13/h1-8H,17H2,(H,20,21). The van der Waals surface area contributed by atoms with E-state index in [1.807, 2.05) is 6.07 Å². The molecule has 0 bridgehead atoms. The van der Waals surface area contributed by atoms with E-state index in [2.05, 4.69) is 31.2 Å². The number of nitrogen functional groups attached to an aromatic ring is 1. The zero-order chi connectivity index (χ0) is 14.8. The summed E-state index contributed by atoms with van der Waals surface area (Å²) >= 11 is 3.31. The predicted molar refractivity (Wildman–Crippen MR) is 86.0 cm³/mol. The van der Waals surface area contributed by atoms with E-state index in [9.17, 15) is 4.79 Å². The molecular formula is C15H11BrN4O. The summed E-state index contributed by atoms with van der Waals surface area (Å²) in [6.07, 6.45) is 3.25. The molecule has 0 atom stereocenters. The Morgan fingerprint density at radius 2 is 1.81 bits per heavy atom. The van der Waals surface area contributed by atoms with Crippen molar-refractivity contribution < 1.29 is 4.79 Å². The third-order valence-corrected chi connectivity index (χ3v) is 3.68. The zero-order valence-electron chi connectivity index (χ0n) is 10.9. The topological polar surface area (TPSA) is 80.9 Å². The zero-order valence-corrected chi connectivity index (χ0v) is 12.5. The van der Waals surface area contributed by atoms with Gasteiger partial charge in [0.2, 0.25) is 0 Å². The van der Waals surface area contributed by atoms with Crippen molar-refractivity contribution in [2.45, 2.75) is 0 Å². The number of rotatable bonds is 2. The maximum absolute atomic E-state index is 12.2. The number of carbonyl (C=O) groups excluding carboxylic acids is 1. The van der Waals surface area contributed by atoms with E-state index in [0.29, 0.717) is 21.4 Å². The first kappa shape index (κ1) is 13.5. The average molecular weight is 343 g/mol. The highest BCUT2D eigenvalue weighted by atomic mass is 79.9.